The summed E-state index contributed by atoms with van der Waals surface area (Å²) in [6, 6.07) is 5.25. The molecule has 7 heteroatoms. The minimum Gasteiger partial charge on any atom is -0.480 e. The van der Waals surface area contributed by atoms with E-state index < -0.39 is 6.10 Å². The normalized spacial score (nSPS) is 15.8. The van der Waals surface area contributed by atoms with Crippen LogP contribution in [0.25, 0.3) is 11.0 Å². The maximum atomic E-state index is 12.5. The van der Waals surface area contributed by atoms with E-state index in [1.807, 2.05) is 19.1 Å². The summed E-state index contributed by atoms with van der Waals surface area (Å²) in [4.78, 5) is 26.0. The monoisotopic (exact) mass is 417 g/mol. The maximum absolute atomic E-state index is 12.5. The van der Waals surface area contributed by atoms with Crippen molar-refractivity contribution in [3.05, 3.63) is 39.7 Å². The quantitative estimate of drug-likeness (QED) is 0.474. The molecule has 1 fully saturated rings. The smallest absolute Gasteiger partial charge is 0.336 e. The number of ether oxygens (including phenoxy) is 2. The van der Waals surface area contributed by atoms with Gasteiger partial charge in [-0.05, 0) is 43.5 Å². The molecule has 0 bridgehead atoms. The molecule has 1 saturated heterocycles. The van der Waals surface area contributed by atoms with E-state index in [9.17, 15) is 9.59 Å². The Bertz CT molecular complexity index is 918. The van der Waals surface area contributed by atoms with E-state index in [0.717, 1.165) is 68.6 Å². The number of nitrogens with one attached hydrogen (secondary N) is 2. The maximum Gasteiger partial charge on any atom is 0.336 e. The fourth-order valence-corrected chi connectivity index (χ4v) is 3.88. The highest BCUT2D eigenvalue weighted by Crippen LogP contribution is 2.31. The highest BCUT2D eigenvalue weighted by atomic mass is 16.5. The largest absolute Gasteiger partial charge is 0.480 e. The predicted molar refractivity (Wildman–Crippen MR) is 115 cm³/mol. The molecule has 1 aromatic carbocycles. The third-order valence-corrected chi connectivity index (χ3v) is 5.43. The SMILES string of the molecule is CCCc1cc(=O)oc2cc(C)cc(O[C@@H](C)C(=O)NCCC[NH+]3CCOCC3)c12. The van der Waals surface area contributed by atoms with Gasteiger partial charge < -0.3 is 24.1 Å². The minimum absolute atomic E-state index is 0.143. The molecule has 1 aliphatic rings. The summed E-state index contributed by atoms with van der Waals surface area (Å²) in [6.45, 7) is 11.1. The van der Waals surface area contributed by atoms with Gasteiger partial charge in [-0.1, -0.05) is 13.3 Å². The van der Waals surface area contributed by atoms with Crippen LogP contribution in [0.2, 0.25) is 0 Å². The second-order valence-corrected chi connectivity index (χ2v) is 7.99. The number of quaternary nitrogens is 1. The highest BCUT2D eigenvalue weighted by Gasteiger charge is 2.19. The van der Waals surface area contributed by atoms with Crippen molar-refractivity contribution in [2.45, 2.75) is 46.1 Å². The van der Waals surface area contributed by atoms with Gasteiger partial charge in [-0.15, -0.1) is 0 Å². The van der Waals surface area contributed by atoms with Gasteiger partial charge in [0.2, 0.25) is 0 Å². The lowest BCUT2D eigenvalue weighted by atomic mass is 10.0. The Balaban J connectivity index is 1.64. The van der Waals surface area contributed by atoms with Crippen molar-refractivity contribution in [3.63, 3.8) is 0 Å². The third kappa shape index (κ3) is 5.83. The molecule has 164 valence electrons. The van der Waals surface area contributed by atoms with Gasteiger partial charge in [-0.2, -0.15) is 0 Å². The first kappa shape index (κ1) is 22.3. The average molecular weight is 418 g/mol. The standard InChI is InChI=1S/C23H32N2O5/c1-4-6-18-15-21(26)30-20-14-16(2)13-19(22(18)20)29-17(3)23(27)24-7-5-8-25-9-11-28-12-10-25/h13-15,17H,4-12H2,1-3H3,(H,24,27)/p+1/t17-/m0/s1. The molecule has 0 aliphatic carbocycles. The molecule has 1 amide bonds. The lowest BCUT2D eigenvalue weighted by Crippen LogP contribution is -3.14. The van der Waals surface area contributed by atoms with Crippen molar-refractivity contribution >= 4 is 16.9 Å². The second-order valence-electron chi connectivity index (χ2n) is 7.99. The van der Waals surface area contributed by atoms with Crippen LogP contribution in [0.15, 0.2) is 27.4 Å². The van der Waals surface area contributed by atoms with Gasteiger partial charge in [-0.3, -0.25) is 4.79 Å². The van der Waals surface area contributed by atoms with Gasteiger partial charge in [0.05, 0.1) is 25.1 Å². The third-order valence-electron chi connectivity index (χ3n) is 5.43. The zero-order chi connectivity index (χ0) is 21.5. The van der Waals surface area contributed by atoms with Crippen LogP contribution in [0.4, 0.5) is 0 Å². The minimum atomic E-state index is -0.646. The van der Waals surface area contributed by atoms with Crippen LogP contribution in [0.5, 0.6) is 5.75 Å². The molecule has 0 unspecified atom stereocenters. The molecule has 0 radical (unpaired) electrons. The van der Waals surface area contributed by atoms with E-state index in [2.05, 4.69) is 12.2 Å². The van der Waals surface area contributed by atoms with Crippen LogP contribution in [-0.4, -0.2) is 51.4 Å². The summed E-state index contributed by atoms with van der Waals surface area (Å²) in [5, 5.41) is 3.75. The summed E-state index contributed by atoms with van der Waals surface area (Å²) >= 11 is 0. The van der Waals surface area contributed by atoms with Gasteiger partial charge in [0.25, 0.3) is 5.91 Å². The van der Waals surface area contributed by atoms with Crippen molar-refractivity contribution < 1.29 is 23.6 Å². The summed E-state index contributed by atoms with van der Waals surface area (Å²) in [5.41, 5.74) is 1.94. The number of benzene rings is 1. The average Bonchev–Trinajstić information content (AvgIpc) is 2.71. The van der Waals surface area contributed by atoms with Crippen LogP contribution in [0.3, 0.4) is 0 Å². The summed E-state index contributed by atoms with van der Waals surface area (Å²) in [6.07, 6.45) is 1.92. The van der Waals surface area contributed by atoms with Crippen molar-refractivity contribution in [1.29, 1.82) is 0 Å². The van der Waals surface area contributed by atoms with Gasteiger partial charge >= 0.3 is 5.63 Å². The number of amides is 1. The topological polar surface area (TPSA) is 82.2 Å². The number of rotatable bonds is 9. The summed E-state index contributed by atoms with van der Waals surface area (Å²) < 4.78 is 16.8. The van der Waals surface area contributed by atoms with E-state index >= 15 is 0 Å². The number of hydrogen-bond acceptors (Lipinski definition) is 5. The Hall–Kier alpha value is -2.38. The number of aryl methyl sites for hydroxylation is 2. The van der Waals surface area contributed by atoms with Crippen molar-refractivity contribution in [3.8, 4) is 5.75 Å². The van der Waals surface area contributed by atoms with Crippen LogP contribution in [0, 0.1) is 6.92 Å². The number of hydrogen-bond donors (Lipinski definition) is 2. The molecule has 0 saturated carbocycles. The molecule has 1 aliphatic heterocycles. The molecule has 0 spiro atoms. The number of fused-ring (bicyclic) bond motifs is 1. The first-order chi connectivity index (χ1) is 14.5. The van der Waals surface area contributed by atoms with E-state index in [-0.39, 0.29) is 11.5 Å². The molecule has 1 aromatic heterocycles. The highest BCUT2D eigenvalue weighted by molar-refractivity contribution is 5.88. The molecule has 3 rings (SSSR count). The fourth-order valence-electron chi connectivity index (χ4n) is 3.88. The zero-order valence-corrected chi connectivity index (χ0v) is 18.2. The van der Waals surface area contributed by atoms with Crippen molar-refractivity contribution in [1.82, 2.24) is 5.32 Å². The lowest BCUT2D eigenvalue weighted by molar-refractivity contribution is -0.908. The zero-order valence-electron chi connectivity index (χ0n) is 18.2. The Morgan fingerprint density at radius 1 is 1.27 bits per heavy atom. The van der Waals surface area contributed by atoms with Crippen molar-refractivity contribution in [2.24, 2.45) is 0 Å². The van der Waals surface area contributed by atoms with Gasteiger partial charge in [0.1, 0.15) is 24.4 Å². The van der Waals surface area contributed by atoms with Crippen LogP contribution in [0.1, 0.15) is 37.8 Å². The second kappa shape index (κ2) is 10.6. The molecule has 2 aromatic rings. The fraction of sp³-hybridized carbons (Fsp3) is 0.565. The van der Waals surface area contributed by atoms with E-state index in [1.165, 1.54) is 11.0 Å². The Labute approximate surface area is 177 Å². The lowest BCUT2D eigenvalue weighted by Gasteiger charge is -2.23. The molecule has 2 heterocycles. The molecule has 1 atom stereocenters. The van der Waals surface area contributed by atoms with Crippen LogP contribution in [-0.2, 0) is 16.0 Å². The molecular formula is C23H33N2O5+. The van der Waals surface area contributed by atoms with E-state index in [4.69, 9.17) is 13.9 Å². The van der Waals surface area contributed by atoms with E-state index in [0.29, 0.717) is 17.9 Å². The first-order valence-electron chi connectivity index (χ1n) is 10.9. The molecule has 30 heavy (non-hydrogen) atoms. The van der Waals surface area contributed by atoms with Crippen LogP contribution >= 0.6 is 0 Å². The number of carbonyl (C=O) groups is 1. The summed E-state index contributed by atoms with van der Waals surface area (Å²) in [5.74, 6) is 0.439. The van der Waals surface area contributed by atoms with Gasteiger partial charge in [-0.25, -0.2) is 4.79 Å². The first-order valence-corrected chi connectivity index (χ1v) is 10.9. The summed E-state index contributed by atoms with van der Waals surface area (Å²) in [7, 11) is 0. The van der Waals surface area contributed by atoms with Gasteiger partial charge in [0.15, 0.2) is 6.10 Å². The predicted octanol–water partition coefficient (Wildman–Crippen LogP) is 1.24. The number of carbonyl (C=O) groups excluding carboxylic acids is 1. The van der Waals surface area contributed by atoms with Gasteiger partial charge in [0, 0.05) is 19.0 Å². The Morgan fingerprint density at radius 2 is 2.03 bits per heavy atom. The molecule has 2 N–H and O–H groups in total. The Morgan fingerprint density at radius 3 is 2.77 bits per heavy atom. The van der Waals surface area contributed by atoms with Crippen LogP contribution < -0.4 is 20.6 Å². The van der Waals surface area contributed by atoms with Crippen molar-refractivity contribution in [2.75, 3.05) is 39.4 Å². The Kier molecular flexibility index (Phi) is 7.87. The van der Waals surface area contributed by atoms with E-state index in [1.54, 1.807) is 6.92 Å². The molecular weight excluding hydrogens is 384 g/mol. The molecule has 7 nitrogen and oxygen atoms in total. The number of morpholine rings is 1.